The highest BCUT2D eigenvalue weighted by Crippen LogP contribution is 2.33. The van der Waals surface area contributed by atoms with E-state index in [1.165, 1.54) is 18.3 Å². The number of rotatable bonds is 2. The van der Waals surface area contributed by atoms with Crippen LogP contribution in [0.3, 0.4) is 0 Å². The number of carbonyl (C=O) groups excluding carboxylic acids is 1. The summed E-state index contributed by atoms with van der Waals surface area (Å²) in [6, 6.07) is 4.24. The van der Waals surface area contributed by atoms with E-state index in [2.05, 4.69) is 15.3 Å². The number of aromatic amines is 1. The zero-order chi connectivity index (χ0) is 25.4. The van der Waals surface area contributed by atoms with Crippen molar-refractivity contribution >= 4 is 11.9 Å². The van der Waals surface area contributed by atoms with Gasteiger partial charge in [-0.25, -0.2) is 26.7 Å². The summed E-state index contributed by atoms with van der Waals surface area (Å²) in [5, 5.41) is 9.81. The molecule has 1 aliphatic rings. The fourth-order valence-corrected chi connectivity index (χ4v) is 3.01. The highest BCUT2D eigenvalue weighted by atomic mass is 19.4. The molecule has 0 aliphatic carbocycles. The molecule has 0 saturated carbocycles. The lowest BCUT2D eigenvalue weighted by atomic mass is 10.0. The normalized spacial score (nSPS) is 13.0. The van der Waals surface area contributed by atoms with Crippen LogP contribution in [0.4, 0.5) is 35.1 Å². The molecule has 0 spiro atoms. The summed E-state index contributed by atoms with van der Waals surface area (Å²) in [5.41, 5.74) is 0.449. The summed E-state index contributed by atoms with van der Waals surface area (Å²) in [4.78, 5) is 27.5. The third-order valence-electron chi connectivity index (χ3n) is 4.58. The Morgan fingerprint density at radius 1 is 0.971 bits per heavy atom. The number of carboxylic acids is 1. The van der Waals surface area contributed by atoms with Crippen LogP contribution >= 0.6 is 0 Å². The number of alkyl halides is 3. The number of amides is 1. The molecular formula is C20H11F8N3O3. The van der Waals surface area contributed by atoms with Gasteiger partial charge in [0.25, 0.3) is 5.91 Å². The summed E-state index contributed by atoms with van der Waals surface area (Å²) in [6.07, 6.45) is -3.32. The third kappa shape index (κ3) is 4.70. The lowest BCUT2D eigenvalue weighted by Gasteiger charge is -2.11. The molecule has 3 heterocycles. The van der Waals surface area contributed by atoms with E-state index in [0.717, 1.165) is 0 Å². The topological polar surface area (TPSA) is 95.1 Å². The third-order valence-corrected chi connectivity index (χ3v) is 4.58. The second-order valence-corrected chi connectivity index (χ2v) is 6.76. The maximum Gasteiger partial charge on any atom is 0.490 e. The van der Waals surface area contributed by atoms with E-state index in [-0.39, 0.29) is 5.91 Å². The van der Waals surface area contributed by atoms with Crippen LogP contribution in [0.25, 0.3) is 22.5 Å². The minimum Gasteiger partial charge on any atom is -0.475 e. The number of H-pyrrole nitrogens is 1. The van der Waals surface area contributed by atoms with Crippen LogP contribution in [-0.2, 0) is 11.2 Å². The van der Waals surface area contributed by atoms with Crippen LogP contribution in [0.5, 0.6) is 0 Å². The quantitative estimate of drug-likeness (QED) is 0.281. The standard InChI is InChI=1S/C18H10F5N3O.C2HF3O2/c19-13-12(14(20)16(22)17(23)15(13)21)11-5-7(1-3-24-11)10-6-8-9(26-10)2-4-25-18(8)27;3-2(4,5)1(6)7/h1,3,5-6,26H,2,4H2,(H,25,27);(H,6,7). The van der Waals surface area contributed by atoms with Crippen LogP contribution in [0, 0.1) is 29.1 Å². The first-order valence-electron chi connectivity index (χ1n) is 9.11. The number of carboxylic acid groups (broad SMARTS) is 1. The fraction of sp³-hybridized carbons (Fsp3) is 0.150. The maximum atomic E-state index is 14.0. The van der Waals surface area contributed by atoms with Crippen molar-refractivity contribution in [1.29, 1.82) is 0 Å². The lowest BCUT2D eigenvalue weighted by Crippen LogP contribution is -2.31. The molecular weight excluding hydrogens is 482 g/mol. The molecule has 2 aromatic heterocycles. The number of fused-ring (bicyclic) bond motifs is 1. The first-order valence-corrected chi connectivity index (χ1v) is 9.11. The van der Waals surface area contributed by atoms with Gasteiger partial charge >= 0.3 is 12.1 Å². The molecule has 1 aromatic carbocycles. The molecule has 0 bridgehead atoms. The van der Waals surface area contributed by atoms with Gasteiger partial charge in [0.05, 0.1) is 16.8 Å². The van der Waals surface area contributed by atoms with Gasteiger partial charge in [-0.3, -0.25) is 9.78 Å². The first kappa shape index (κ1) is 24.7. The number of carbonyl (C=O) groups is 2. The molecule has 1 amide bonds. The number of hydrogen-bond donors (Lipinski definition) is 3. The Morgan fingerprint density at radius 2 is 1.53 bits per heavy atom. The predicted octanol–water partition coefficient (Wildman–Crippen LogP) is 4.36. The van der Waals surface area contributed by atoms with Gasteiger partial charge in [-0.15, -0.1) is 0 Å². The van der Waals surface area contributed by atoms with Crippen molar-refractivity contribution in [3.05, 3.63) is 64.7 Å². The van der Waals surface area contributed by atoms with Gasteiger partial charge in [-0.2, -0.15) is 13.2 Å². The van der Waals surface area contributed by atoms with Gasteiger partial charge in [0.2, 0.25) is 5.82 Å². The second-order valence-electron chi connectivity index (χ2n) is 6.76. The Labute approximate surface area is 184 Å². The SMILES string of the molecule is O=C(O)C(F)(F)F.O=C1NCCc2[nH]c(-c3ccnc(-c4c(F)c(F)c(F)c(F)c4F)c3)cc21. The number of aliphatic carboxylic acids is 1. The van der Waals surface area contributed by atoms with Crippen molar-refractivity contribution in [2.75, 3.05) is 6.54 Å². The Bertz CT molecular complexity index is 1260. The molecule has 0 unspecified atom stereocenters. The van der Waals surface area contributed by atoms with Crippen LogP contribution in [0.1, 0.15) is 16.1 Å². The van der Waals surface area contributed by atoms with E-state index >= 15 is 0 Å². The first-order chi connectivity index (χ1) is 15.8. The molecule has 0 atom stereocenters. The van der Waals surface area contributed by atoms with Gasteiger partial charge in [0, 0.05) is 36.1 Å². The summed E-state index contributed by atoms with van der Waals surface area (Å²) >= 11 is 0. The van der Waals surface area contributed by atoms with E-state index in [0.29, 0.717) is 35.5 Å². The summed E-state index contributed by atoms with van der Waals surface area (Å²) in [5.74, 6) is -13.2. The Morgan fingerprint density at radius 3 is 2.06 bits per heavy atom. The molecule has 6 nitrogen and oxygen atoms in total. The zero-order valence-corrected chi connectivity index (χ0v) is 16.5. The monoisotopic (exact) mass is 493 g/mol. The van der Waals surface area contributed by atoms with Crippen molar-refractivity contribution in [2.45, 2.75) is 12.6 Å². The lowest BCUT2D eigenvalue weighted by molar-refractivity contribution is -0.192. The number of pyridine rings is 1. The molecule has 0 fully saturated rings. The number of nitrogens with zero attached hydrogens (tertiary/aromatic N) is 1. The van der Waals surface area contributed by atoms with E-state index < -0.39 is 52.5 Å². The van der Waals surface area contributed by atoms with Gasteiger partial charge < -0.3 is 15.4 Å². The van der Waals surface area contributed by atoms with Gasteiger partial charge in [-0.1, -0.05) is 0 Å². The van der Waals surface area contributed by atoms with Crippen molar-refractivity contribution in [1.82, 2.24) is 15.3 Å². The van der Waals surface area contributed by atoms with E-state index in [1.807, 2.05) is 0 Å². The molecule has 180 valence electrons. The van der Waals surface area contributed by atoms with E-state index in [9.17, 15) is 39.9 Å². The summed E-state index contributed by atoms with van der Waals surface area (Å²) < 4.78 is 100.0. The van der Waals surface area contributed by atoms with Crippen LogP contribution in [0.2, 0.25) is 0 Å². The molecule has 3 N–H and O–H groups in total. The Kier molecular flexibility index (Phi) is 6.61. The van der Waals surface area contributed by atoms with Gasteiger partial charge in [0.1, 0.15) is 0 Å². The number of aromatic nitrogens is 2. The average Bonchev–Trinajstić information content (AvgIpc) is 3.22. The van der Waals surface area contributed by atoms with Crippen molar-refractivity contribution in [3.63, 3.8) is 0 Å². The highest BCUT2D eigenvalue weighted by molar-refractivity contribution is 5.97. The molecule has 0 saturated heterocycles. The second kappa shape index (κ2) is 9.11. The molecule has 0 radical (unpaired) electrons. The van der Waals surface area contributed by atoms with E-state index in [1.54, 1.807) is 6.07 Å². The van der Waals surface area contributed by atoms with Crippen molar-refractivity contribution in [2.24, 2.45) is 0 Å². The molecule has 14 heteroatoms. The maximum absolute atomic E-state index is 14.0. The minimum atomic E-state index is -5.08. The highest BCUT2D eigenvalue weighted by Gasteiger charge is 2.38. The van der Waals surface area contributed by atoms with Crippen LogP contribution < -0.4 is 5.32 Å². The van der Waals surface area contributed by atoms with Crippen molar-refractivity contribution in [3.8, 4) is 22.5 Å². The zero-order valence-electron chi connectivity index (χ0n) is 16.5. The number of nitrogens with one attached hydrogen (secondary N) is 2. The molecule has 4 rings (SSSR count). The molecule has 3 aromatic rings. The predicted molar refractivity (Wildman–Crippen MR) is 99.0 cm³/mol. The summed E-state index contributed by atoms with van der Waals surface area (Å²) in [6.45, 7) is 0.470. The van der Waals surface area contributed by atoms with Gasteiger partial charge in [0.15, 0.2) is 23.3 Å². The van der Waals surface area contributed by atoms with Crippen molar-refractivity contribution < 1.29 is 49.8 Å². The van der Waals surface area contributed by atoms with E-state index in [4.69, 9.17) is 9.90 Å². The largest absolute Gasteiger partial charge is 0.490 e. The van der Waals surface area contributed by atoms with Gasteiger partial charge in [-0.05, 0) is 18.2 Å². The average molecular weight is 493 g/mol. The smallest absolute Gasteiger partial charge is 0.475 e. The Hall–Kier alpha value is -3.97. The van der Waals surface area contributed by atoms with Crippen LogP contribution in [-0.4, -0.2) is 39.7 Å². The minimum absolute atomic E-state index is 0.257. The molecule has 34 heavy (non-hydrogen) atoms. The number of hydrogen-bond acceptors (Lipinski definition) is 3. The summed E-state index contributed by atoms with van der Waals surface area (Å²) in [7, 11) is 0. The number of benzene rings is 1. The Balaban J connectivity index is 0.000000406. The fourth-order valence-electron chi connectivity index (χ4n) is 3.01. The number of halogens is 8. The molecule has 1 aliphatic heterocycles. The van der Waals surface area contributed by atoms with Crippen LogP contribution in [0.15, 0.2) is 24.4 Å².